The third-order valence-corrected chi connectivity index (χ3v) is 16.8. The van der Waals surface area contributed by atoms with E-state index in [4.69, 9.17) is 4.74 Å². The van der Waals surface area contributed by atoms with E-state index < -0.39 is 51.0 Å². The van der Waals surface area contributed by atoms with Gasteiger partial charge in [0, 0.05) is 88.8 Å². The monoisotopic (exact) mass is 986 g/mol. The van der Waals surface area contributed by atoms with Crippen LogP contribution in [0.4, 0.5) is 25.8 Å². The van der Waals surface area contributed by atoms with Crippen molar-refractivity contribution in [3.8, 4) is 23.3 Å². The number of rotatable bonds is 11. The third kappa shape index (κ3) is 8.95. The molecule has 20 heteroatoms. The number of nitrogens with zero attached hydrogens (tertiary/aromatic N) is 8. The molecule has 368 valence electrons. The van der Waals surface area contributed by atoms with E-state index in [1.54, 1.807) is 4.90 Å². The number of amides is 3. The van der Waals surface area contributed by atoms with E-state index in [9.17, 15) is 37.2 Å². The second-order valence-electron chi connectivity index (χ2n) is 19.8. The lowest BCUT2D eigenvalue weighted by molar-refractivity contribution is -0.136. The van der Waals surface area contributed by atoms with Crippen molar-refractivity contribution in [1.29, 1.82) is 5.26 Å². The zero-order chi connectivity index (χ0) is 49.2. The molecule has 5 saturated heterocycles. The van der Waals surface area contributed by atoms with Gasteiger partial charge in [0.05, 0.1) is 22.3 Å². The van der Waals surface area contributed by atoms with Gasteiger partial charge < -0.3 is 24.3 Å². The van der Waals surface area contributed by atoms with Crippen molar-refractivity contribution in [3.05, 3.63) is 112 Å². The molecule has 0 radical (unpaired) electrons. The minimum absolute atomic E-state index is 0.0231. The molecule has 0 unspecified atom stereocenters. The van der Waals surface area contributed by atoms with E-state index in [-0.39, 0.29) is 54.6 Å². The van der Waals surface area contributed by atoms with Crippen LogP contribution in [0.3, 0.4) is 0 Å². The number of nitrogens with one attached hydrogen (secondary N) is 2. The topological polar surface area (TPSA) is 194 Å². The van der Waals surface area contributed by atoms with Gasteiger partial charge in [-0.15, -0.1) is 0 Å². The van der Waals surface area contributed by atoms with Gasteiger partial charge in [-0.25, -0.2) is 13.8 Å². The molecule has 11 rings (SSSR count). The molecular formula is C51H52F2N10O7S. The Labute approximate surface area is 408 Å². The number of halogens is 2. The molecule has 71 heavy (non-hydrogen) atoms. The summed E-state index contributed by atoms with van der Waals surface area (Å²) in [5.41, 5.74) is 3.98. The lowest BCUT2D eigenvalue weighted by Crippen LogP contribution is -2.61. The SMILES string of the molecule is N#Cc1c(NS(=O)(=O)N2CC[C@@H](F)C2)ccc(F)c1Oc1ccc2ncn(-c3ccc(N4CCC5(CC4)CN(CC4CCN(c6ccc7c(c6)CN([C@@H]6CCC(=O)NC6=O)C7=O)CC4)C5)cc3)c(=O)c2c1. The molecule has 7 heterocycles. The summed E-state index contributed by atoms with van der Waals surface area (Å²) in [5.74, 6) is -1.66. The maximum atomic E-state index is 15.2. The van der Waals surface area contributed by atoms with E-state index in [0.29, 0.717) is 41.1 Å². The molecule has 2 N–H and O–H groups in total. The number of anilines is 3. The van der Waals surface area contributed by atoms with Gasteiger partial charge in [0.1, 0.15) is 35.9 Å². The Balaban J connectivity index is 0.669. The Morgan fingerprint density at radius 3 is 2.31 bits per heavy atom. The minimum Gasteiger partial charge on any atom is -0.453 e. The summed E-state index contributed by atoms with van der Waals surface area (Å²) in [6.45, 7) is 7.10. The van der Waals surface area contributed by atoms with Crippen molar-refractivity contribution >= 4 is 55.9 Å². The van der Waals surface area contributed by atoms with Crippen LogP contribution >= 0.6 is 0 Å². The largest absolute Gasteiger partial charge is 0.453 e. The van der Waals surface area contributed by atoms with Crippen molar-refractivity contribution in [2.24, 2.45) is 11.3 Å². The number of ether oxygens (including phenoxy) is 1. The Kier molecular flexibility index (Phi) is 12.0. The molecule has 5 aromatic rings. The number of likely N-dealkylation sites (tertiary alicyclic amines) is 1. The van der Waals surface area contributed by atoms with Gasteiger partial charge >= 0.3 is 10.2 Å². The number of fused-ring (bicyclic) bond motifs is 2. The van der Waals surface area contributed by atoms with Gasteiger partial charge in [-0.2, -0.15) is 18.0 Å². The highest BCUT2D eigenvalue weighted by atomic mass is 32.2. The number of carbonyl (C=O) groups excluding carboxylic acids is 3. The summed E-state index contributed by atoms with van der Waals surface area (Å²) < 4.78 is 65.3. The number of benzene rings is 4. The number of aromatic nitrogens is 2. The fraction of sp³-hybridized carbons (Fsp3) is 0.412. The standard InChI is InChI=1S/C51H52F2N10O7S/c52-34-15-20-61(28-34)71(68,69)57-44-10-8-42(53)47(41(44)25-54)70-38-6-9-43-40(24-38)50(67)63(31-55-43)36-3-1-35(2-4-36)60-21-16-51(17-22-60)29-58(30-51)26-32-13-18-59(19-14-32)37-5-7-39-33(23-37)27-62(49(39)66)45-11-12-46(64)56-48(45)65/h1-10,23-24,31-32,34,45,57H,11-22,26-30H2,(H,56,64,65)/t34-,45-/m1/s1. The zero-order valence-corrected chi connectivity index (χ0v) is 39.7. The first kappa shape index (κ1) is 46.4. The fourth-order valence-corrected chi connectivity index (χ4v) is 12.6. The van der Waals surface area contributed by atoms with Crippen molar-refractivity contribution in [2.75, 3.05) is 73.4 Å². The second kappa shape index (κ2) is 18.3. The van der Waals surface area contributed by atoms with Crippen LogP contribution in [0.2, 0.25) is 0 Å². The molecule has 1 aromatic heterocycles. The highest BCUT2D eigenvalue weighted by molar-refractivity contribution is 7.90. The van der Waals surface area contributed by atoms with Crippen LogP contribution in [0, 0.1) is 28.5 Å². The van der Waals surface area contributed by atoms with Crippen LogP contribution in [0.25, 0.3) is 16.6 Å². The lowest BCUT2D eigenvalue weighted by atomic mass is 9.71. The molecule has 0 bridgehead atoms. The Hall–Kier alpha value is -6.95. The van der Waals surface area contributed by atoms with Crippen molar-refractivity contribution in [2.45, 2.75) is 63.7 Å². The minimum atomic E-state index is -4.24. The van der Waals surface area contributed by atoms with Crippen molar-refractivity contribution < 1.29 is 36.3 Å². The number of piperidine rings is 3. The molecule has 2 atom stereocenters. The molecule has 4 aromatic carbocycles. The molecule has 3 amide bonds. The molecule has 0 aliphatic carbocycles. The highest BCUT2D eigenvalue weighted by Crippen LogP contribution is 2.43. The van der Waals surface area contributed by atoms with Crippen LogP contribution in [0.15, 0.2) is 83.9 Å². The van der Waals surface area contributed by atoms with E-state index in [1.165, 1.54) is 29.1 Å². The van der Waals surface area contributed by atoms with Crippen LogP contribution in [-0.2, 0) is 26.3 Å². The van der Waals surface area contributed by atoms with Crippen LogP contribution < -0.4 is 30.1 Å². The molecule has 6 aliphatic heterocycles. The maximum Gasteiger partial charge on any atom is 0.301 e. The number of alkyl halides is 1. The first-order chi connectivity index (χ1) is 34.2. The molecule has 6 aliphatic rings. The second-order valence-corrected chi connectivity index (χ2v) is 21.5. The number of imide groups is 1. The summed E-state index contributed by atoms with van der Waals surface area (Å²) in [5, 5.41) is 12.5. The highest BCUT2D eigenvalue weighted by Gasteiger charge is 2.45. The predicted molar refractivity (Wildman–Crippen MR) is 260 cm³/mol. The maximum absolute atomic E-state index is 15.2. The summed E-state index contributed by atoms with van der Waals surface area (Å²) in [6.07, 6.45) is 5.17. The van der Waals surface area contributed by atoms with Gasteiger partial charge in [0.2, 0.25) is 11.8 Å². The molecule has 5 fully saturated rings. The van der Waals surface area contributed by atoms with Gasteiger partial charge in [-0.1, -0.05) is 0 Å². The smallest absolute Gasteiger partial charge is 0.301 e. The van der Waals surface area contributed by atoms with E-state index >= 15 is 4.39 Å². The Morgan fingerprint density at radius 2 is 1.59 bits per heavy atom. The normalized spacial score (nSPS) is 21.9. The van der Waals surface area contributed by atoms with E-state index in [2.05, 4.69) is 35.8 Å². The summed E-state index contributed by atoms with van der Waals surface area (Å²) >= 11 is 0. The van der Waals surface area contributed by atoms with Gasteiger partial charge in [0.15, 0.2) is 11.6 Å². The zero-order valence-electron chi connectivity index (χ0n) is 38.9. The average Bonchev–Trinajstić information content (AvgIpc) is 3.95. The summed E-state index contributed by atoms with van der Waals surface area (Å²) in [4.78, 5) is 64.7. The van der Waals surface area contributed by atoms with Crippen LogP contribution in [-0.4, -0.2) is 121 Å². The molecule has 17 nitrogen and oxygen atoms in total. The van der Waals surface area contributed by atoms with Gasteiger partial charge in [-0.3, -0.25) is 33.8 Å². The predicted octanol–water partition coefficient (Wildman–Crippen LogP) is 5.47. The molecule has 0 saturated carbocycles. The van der Waals surface area contributed by atoms with Crippen molar-refractivity contribution in [1.82, 2.24) is 29.0 Å². The van der Waals surface area contributed by atoms with Gasteiger partial charge in [-0.05, 0) is 128 Å². The van der Waals surface area contributed by atoms with Gasteiger partial charge in [0.25, 0.3) is 11.5 Å². The summed E-state index contributed by atoms with van der Waals surface area (Å²) in [6, 6.07) is 21.4. The van der Waals surface area contributed by atoms with E-state index in [0.717, 1.165) is 105 Å². The third-order valence-electron chi connectivity index (χ3n) is 15.3. The van der Waals surface area contributed by atoms with Crippen LogP contribution in [0.5, 0.6) is 11.5 Å². The number of carbonyl (C=O) groups is 3. The number of hydrogen-bond donors (Lipinski definition) is 2. The first-order valence-electron chi connectivity index (χ1n) is 24.2. The summed E-state index contributed by atoms with van der Waals surface area (Å²) in [7, 11) is -4.24. The number of nitriles is 1. The Bertz CT molecular complexity index is 3180. The van der Waals surface area contributed by atoms with Crippen LogP contribution in [0.1, 0.15) is 66.4 Å². The van der Waals surface area contributed by atoms with E-state index in [1.807, 2.05) is 42.5 Å². The molecular weight excluding hydrogens is 935 g/mol. The first-order valence-corrected chi connectivity index (χ1v) is 25.6. The Morgan fingerprint density at radius 1 is 0.859 bits per heavy atom. The number of hydrogen-bond acceptors (Lipinski definition) is 12. The lowest BCUT2D eigenvalue weighted by Gasteiger charge is -2.55. The average molecular weight is 987 g/mol. The van der Waals surface area contributed by atoms with Crippen molar-refractivity contribution in [3.63, 3.8) is 0 Å². The fourth-order valence-electron chi connectivity index (χ4n) is 11.3. The molecule has 1 spiro atoms. The quantitative estimate of drug-likeness (QED) is 0.159.